The van der Waals surface area contributed by atoms with E-state index in [0.29, 0.717) is 0 Å². The van der Waals surface area contributed by atoms with Gasteiger partial charge in [-0.05, 0) is 12.1 Å². The van der Waals surface area contributed by atoms with E-state index in [-0.39, 0.29) is 0 Å². The molecule has 96 valence electrons. The fourth-order valence-electron chi connectivity index (χ4n) is 1.81. The topological polar surface area (TPSA) is 47.5 Å². The first-order valence-corrected chi connectivity index (χ1v) is 6.66. The molecule has 2 heterocycles. The molecule has 19 heavy (non-hydrogen) atoms. The monoisotopic (exact) mass is 271 g/mol. The number of fused-ring (bicyclic) bond motifs is 1. The van der Waals surface area contributed by atoms with Gasteiger partial charge in [0.1, 0.15) is 0 Å². The van der Waals surface area contributed by atoms with Gasteiger partial charge in [-0.1, -0.05) is 23.5 Å². The Balaban J connectivity index is 2.00. The molecule has 0 spiro atoms. The molecular weight excluding hydrogens is 258 g/mol. The fraction of sp³-hybridized carbons (Fsp3) is 0.154. The van der Waals surface area contributed by atoms with E-state index in [0.717, 1.165) is 10.6 Å². The Morgan fingerprint density at radius 3 is 2.84 bits per heavy atom. The summed E-state index contributed by atoms with van der Waals surface area (Å²) in [5.74, 6) is 0.785. The van der Waals surface area contributed by atoms with Crippen molar-refractivity contribution < 1.29 is 0 Å². The van der Waals surface area contributed by atoms with Crippen LogP contribution in [0.3, 0.4) is 0 Å². The van der Waals surface area contributed by atoms with Crippen LogP contribution in [-0.2, 0) is 14.1 Å². The van der Waals surface area contributed by atoms with Gasteiger partial charge in [-0.3, -0.25) is 0 Å². The third kappa shape index (κ3) is 2.22. The first-order valence-electron chi connectivity index (χ1n) is 5.84. The smallest absolute Gasteiger partial charge is 0.211 e. The van der Waals surface area contributed by atoms with Gasteiger partial charge in [-0.25, -0.2) is 4.98 Å². The zero-order valence-electron chi connectivity index (χ0n) is 10.7. The Hall–Kier alpha value is -2.21. The summed E-state index contributed by atoms with van der Waals surface area (Å²) < 4.78 is 5.13. The van der Waals surface area contributed by atoms with Gasteiger partial charge in [0.15, 0.2) is 5.82 Å². The highest BCUT2D eigenvalue weighted by atomic mass is 32.1. The number of hydrogen-bond donors (Lipinski definition) is 0. The average molecular weight is 271 g/mol. The normalized spacial score (nSPS) is 12.8. The van der Waals surface area contributed by atoms with Crippen molar-refractivity contribution >= 4 is 27.8 Å². The lowest BCUT2D eigenvalue weighted by atomic mass is 10.3. The number of aromatic nitrogens is 3. The van der Waals surface area contributed by atoms with E-state index < -0.39 is 0 Å². The molecule has 3 aromatic rings. The summed E-state index contributed by atoms with van der Waals surface area (Å²) in [6.45, 7) is 0. The Morgan fingerprint density at radius 2 is 2.11 bits per heavy atom. The molecule has 3 rings (SSSR count). The maximum atomic E-state index is 4.26. The van der Waals surface area contributed by atoms with E-state index in [4.69, 9.17) is 0 Å². The van der Waals surface area contributed by atoms with E-state index in [1.54, 1.807) is 23.7 Å². The van der Waals surface area contributed by atoms with Crippen LogP contribution in [0.25, 0.3) is 10.2 Å². The molecule has 0 fully saturated rings. The molecular formula is C13H13N5S. The van der Waals surface area contributed by atoms with Crippen molar-refractivity contribution in [3.8, 4) is 0 Å². The van der Waals surface area contributed by atoms with E-state index in [9.17, 15) is 0 Å². The second kappa shape index (κ2) is 4.81. The van der Waals surface area contributed by atoms with Crippen molar-refractivity contribution in [1.82, 2.24) is 14.1 Å². The minimum atomic E-state index is 0.785. The molecule has 0 bridgehead atoms. The molecule has 6 heteroatoms. The van der Waals surface area contributed by atoms with Crippen LogP contribution in [0.2, 0.25) is 0 Å². The standard InChI is InChI=1S/C13H13N5S/c1-17-8-7-14-12(17)9-15-16-13-18(2)10-5-3-4-6-11(10)19-13/h3-9H,1-2H3/b15-9+,16-13+. The molecule has 0 atom stereocenters. The number of aryl methyl sites for hydroxylation is 2. The van der Waals surface area contributed by atoms with E-state index >= 15 is 0 Å². The van der Waals surface area contributed by atoms with Gasteiger partial charge in [0, 0.05) is 26.5 Å². The predicted octanol–water partition coefficient (Wildman–Crippen LogP) is 1.91. The molecule has 0 aliphatic carbocycles. The van der Waals surface area contributed by atoms with E-state index in [1.165, 1.54) is 10.2 Å². The molecule has 0 saturated carbocycles. The van der Waals surface area contributed by atoms with Gasteiger partial charge in [0.25, 0.3) is 0 Å². The van der Waals surface area contributed by atoms with Crippen molar-refractivity contribution in [2.24, 2.45) is 24.3 Å². The Kier molecular flexibility index (Phi) is 3.00. The summed E-state index contributed by atoms with van der Waals surface area (Å²) in [5, 5.41) is 8.36. The van der Waals surface area contributed by atoms with E-state index in [1.807, 2.05) is 41.6 Å². The number of nitrogens with zero attached hydrogens (tertiary/aromatic N) is 5. The lowest BCUT2D eigenvalue weighted by molar-refractivity contribution is 0.882. The van der Waals surface area contributed by atoms with Crippen molar-refractivity contribution in [2.75, 3.05) is 0 Å². The third-order valence-corrected chi connectivity index (χ3v) is 3.99. The quantitative estimate of drug-likeness (QED) is 0.519. The minimum absolute atomic E-state index is 0.785. The number of thiazole rings is 1. The summed E-state index contributed by atoms with van der Waals surface area (Å²) >= 11 is 1.62. The zero-order valence-corrected chi connectivity index (χ0v) is 11.5. The van der Waals surface area contributed by atoms with Crippen LogP contribution in [0.1, 0.15) is 5.82 Å². The predicted molar refractivity (Wildman–Crippen MR) is 77.2 cm³/mol. The molecule has 0 amide bonds. The number of benzene rings is 1. The first-order chi connectivity index (χ1) is 9.25. The van der Waals surface area contributed by atoms with Gasteiger partial charge < -0.3 is 9.13 Å². The first kappa shape index (κ1) is 11.9. The molecule has 0 saturated heterocycles. The highest BCUT2D eigenvalue weighted by Crippen LogP contribution is 2.14. The number of imidazole rings is 1. The average Bonchev–Trinajstić information content (AvgIpc) is 2.96. The number of para-hydroxylation sites is 1. The second-order valence-electron chi connectivity index (χ2n) is 4.15. The van der Waals surface area contributed by atoms with Crippen LogP contribution in [-0.4, -0.2) is 20.3 Å². The fourth-order valence-corrected chi connectivity index (χ4v) is 2.79. The van der Waals surface area contributed by atoms with Crippen LogP contribution < -0.4 is 4.80 Å². The van der Waals surface area contributed by atoms with Gasteiger partial charge in [-0.15, -0.1) is 5.10 Å². The van der Waals surface area contributed by atoms with Gasteiger partial charge in [0.05, 0.1) is 16.4 Å². The molecule has 2 aromatic heterocycles. The zero-order chi connectivity index (χ0) is 13.2. The lowest BCUT2D eigenvalue weighted by Gasteiger charge is -1.92. The summed E-state index contributed by atoms with van der Waals surface area (Å²) in [6.07, 6.45) is 5.27. The maximum absolute atomic E-state index is 4.26. The van der Waals surface area contributed by atoms with E-state index in [2.05, 4.69) is 27.3 Å². The molecule has 1 aromatic carbocycles. The summed E-state index contributed by atoms with van der Waals surface area (Å²) in [7, 11) is 3.92. The van der Waals surface area contributed by atoms with Crippen molar-refractivity contribution in [3.63, 3.8) is 0 Å². The minimum Gasteiger partial charge on any atom is -0.333 e. The Bertz CT molecular complexity index is 806. The SMILES string of the molecule is Cn1ccnc1/C=N/N=c1/sc2ccccc2n1C. The molecule has 0 radical (unpaired) electrons. The summed E-state index contributed by atoms with van der Waals surface area (Å²) in [6, 6.07) is 8.21. The van der Waals surface area contributed by atoms with Crippen molar-refractivity contribution in [1.29, 1.82) is 0 Å². The van der Waals surface area contributed by atoms with Crippen molar-refractivity contribution in [2.45, 2.75) is 0 Å². The highest BCUT2D eigenvalue weighted by molar-refractivity contribution is 7.16. The number of hydrogen-bond acceptors (Lipinski definition) is 4. The summed E-state index contributed by atoms with van der Waals surface area (Å²) in [5.41, 5.74) is 1.17. The van der Waals surface area contributed by atoms with Gasteiger partial charge in [0.2, 0.25) is 4.80 Å². The Morgan fingerprint density at radius 1 is 1.26 bits per heavy atom. The Labute approximate surface area is 114 Å². The van der Waals surface area contributed by atoms with Gasteiger partial charge >= 0.3 is 0 Å². The largest absolute Gasteiger partial charge is 0.333 e. The highest BCUT2D eigenvalue weighted by Gasteiger charge is 2.00. The molecule has 0 unspecified atom stereocenters. The molecule has 0 N–H and O–H groups in total. The number of rotatable bonds is 2. The molecule has 0 aliphatic rings. The van der Waals surface area contributed by atoms with Crippen LogP contribution >= 0.6 is 11.3 Å². The maximum Gasteiger partial charge on any atom is 0.211 e. The molecule has 5 nitrogen and oxygen atoms in total. The van der Waals surface area contributed by atoms with Crippen molar-refractivity contribution in [3.05, 3.63) is 47.3 Å². The lowest BCUT2D eigenvalue weighted by Crippen LogP contribution is -2.09. The van der Waals surface area contributed by atoms with Gasteiger partial charge in [-0.2, -0.15) is 5.10 Å². The van der Waals surface area contributed by atoms with Crippen LogP contribution in [0.15, 0.2) is 46.9 Å². The summed E-state index contributed by atoms with van der Waals surface area (Å²) in [4.78, 5) is 5.03. The second-order valence-corrected chi connectivity index (χ2v) is 5.16. The van der Waals surface area contributed by atoms with Crippen LogP contribution in [0.5, 0.6) is 0 Å². The molecule has 0 aliphatic heterocycles. The van der Waals surface area contributed by atoms with Crippen LogP contribution in [0, 0.1) is 0 Å². The van der Waals surface area contributed by atoms with Crippen LogP contribution in [0.4, 0.5) is 0 Å². The third-order valence-electron chi connectivity index (χ3n) is 2.89.